The van der Waals surface area contributed by atoms with Crippen LogP contribution in [0.2, 0.25) is 0 Å². The zero-order chi connectivity index (χ0) is 23.7. The van der Waals surface area contributed by atoms with Gasteiger partial charge in [0.05, 0.1) is 29.8 Å². The number of esters is 1. The molecule has 0 fully saturated rings. The SMILES string of the molecule is COC(=O)c1ncccc1N[C@H](C)c1cc(C)cc2c(=O)cc(-c3ccc(F)cc3F)oc12. The van der Waals surface area contributed by atoms with Gasteiger partial charge in [-0.1, -0.05) is 6.07 Å². The molecule has 0 saturated carbocycles. The molecule has 6 nitrogen and oxygen atoms in total. The highest BCUT2D eigenvalue weighted by Gasteiger charge is 2.20. The molecule has 2 aromatic carbocycles. The van der Waals surface area contributed by atoms with Gasteiger partial charge in [-0.2, -0.15) is 0 Å². The second-order valence-corrected chi connectivity index (χ2v) is 7.59. The molecule has 0 bridgehead atoms. The summed E-state index contributed by atoms with van der Waals surface area (Å²) in [5.74, 6) is -2.18. The quantitative estimate of drug-likeness (QED) is 0.410. The number of nitrogens with zero attached hydrogens (tertiary/aromatic N) is 1. The number of rotatable bonds is 5. The number of hydrogen-bond acceptors (Lipinski definition) is 6. The molecule has 0 saturated heterocycles. The van der Waals surface area contributed by atoms with Gasteiger partial charge in [-0.25, -0.2) is 18.6 Å². The van der Waals surface area contributed by atoms with Crippen LogP contribution in [0.5, 0.6) is 0 Å². The van der Waals surface area contributed by atoms with Crippen LogP contribution in [0, 0.1) is 18.6 Å². The molecule has 4 aromatic rings. The number of aromatic nitrogens is 1. The van der Waals surface area contributed by atoms with Crippen LogP contribution in [0.3, 0.4) is 0 Å². The molecule has 8 heteroatoms. The minimum Gasteiger partial charge on any atom is -0.464 e. The molecule has 0 unspecified atom stereocenters. The van der Waals surface area contributed by atoms with Crippen molar-refractivity contribution in [3.8, 4) is 11.3 Å². The number of methoxy groups -OCH3 is 1. The molecule has 0 spiro atoms. The van der Waals surface area contributed by atoms with E-state index in [9.17, 15) is 18.4 Å². The molecule has 2 heterocycles. The summed E-state index contributed by atoms with van der Waals surface area (Å²) in [4.78, 5) is 29.0. The Bertz CT molecular complexity index is 1430. The van der Waals surface area contributed by atoms with Crippen molar-refractivity contribution in [2.75, 3.05) is 12.4 Å². The number of fused-ring (bicyclic) bond motifs is 1. The normalized spacial score (nSPS) is 11.9. The Morgan fingerprint density at radius 1 is 1.15 bits per heavy atom. The Morgan fingerprint density at radius 3 is 2.67 bits per heavy atom. The van der Waals surface area contributed by atoms with Crippen LogP contribution in [-0.2, 0) is 4.74 Å². The lowest BCUT2D eigenvalue weighted by atomic mass is 10.0. The number of carbonyl (C=O) groups excluding carboxylic acids is 1. The van der Waals surface area contributed by atoms with E-state index in [0.29, 0.717) is 16.6 Å². The number of hydrogen-bond donors (Lipinski definition) is 1. The maximum Gasteiger partial charge on any atom is 0.358 e. The van der Waals surface area contributed by atoms with Crippen molar-refractivity contribution in [3.05, 3.63) is 93.4 Å². The van der Waals surface area contributed by atoms with Crippen LogP contribution in [0.25, 0.3) is 22.3 Å². The highest BCUT2D eigenvalue weighted by atomic mass is 19.1. The van der Waals surface area contributed by atoms with Gasteiger partial charge in [-0.3, -0.25) is 4.79 Å². The highest BCUT2D eigenvalue weighted by molar-refractivity contribution is 5.93. The smallest absolute Gasteiger partial charge is 0.358 e. The third-order valence-electron chi connectivity index (χ3n) is 5.22. The molecule has 168 valence electrons. The number of carbonyl (C=O) groups is 1. The van der Waals surface area contributed by atoms with Gasteiger partial charge in [0.1, 0.15) is 23.0 Å². The second-order valence-electron chi connectivity index (χ2n) is 7.59. The minimum atomic E-state index is -0.838. The number of anilines is 1. The molecule has 0 aliphatic rings. The van der Waals surface area contributed by atoms with Crippen molar-refractivity contribution in [1.29, 1.82) is 0 Å². The molecule has 1 N–H and O–H groups in total. The fourth-order valence-corrected chi connectivity index (χ4v) is 3.67. The molecule has 4 rings (SSSR count). The first-order chi connectivity index (χ1) is 15.8. The Kier molecular flexibility index (Phi) is 5.91. The van der Waals surface area contributed by atoms with Gasteiger partial charge < -0.3 is 14.5 Å². The highest BCUT2D eigenvalue weighted by Crippen LogP contribution is 2.32. The van der Waals surface area contributed by atoms with Crippen LogP contribution in [-0.4, -0.2) is 18.1 Å². The van der Waals surface area contributed by atoms with Crippen molar-refractivity contribution in [1.82, 2.24) is 4.98 Å². The zero-order valence-electron chi connectivity index (χ0n) is 18.1. The summed E-state index contributed by atoms with van der Waals surface area (Å²) in [7, 11) is 1.27. The van der Waals surface area contributed by atoms with E-state index in [1.54, 1.807) is 18.2 Å². The Labute approximate surface area is 187 Å². The summed E-state index contributed by atoms with van der Waals surface area (Å²) in [6.07, 6.45) is 1.48. The van der Waals surface area contributed by atoms with E-state index in [1.165, 1.54) is 25.4 Å². The molecular weight excluding hydrogens is 430 g/mol. The van der Waals surface area contributed by atoms with Crippen LogP contribution >= 0.6 is 0 Å². The lowest BCUT2D eigenvalue weighted by Crippen LogP contribution is -2.14. The summed E-state index contributed by atoms with van der Waals surface area (Å²) in [5, 5.41) is 3.53. The summed E-state index contributed by atoms with van der Waals surface area (Å²) in [5.41, 5.74) is 1.86. The lowest BCUT2D eigenvalue weighted by molar-refractivity contribution is 0.0595. The van der Waals surface area contributed by atoms with Crippen molar-refractivity contribution in [2.45, 2.75) is 19.9 Å². The van der Waals surface area contributed by atoms with Gasteiger partial charge in [-0.05, 0) is 49.7 Å². The number of halogens is 2. The largest absolute Gasteiger partial charge is 0.464 e. The van der Waals surface area contributed by atoms with Crippen LogP contribution in [0.4, 0.5) is 14.5 Å². The lowest BCUT2D eigenvalue weighted by Gasteiger charge is -2.19. The van der Waals surface area contributed by atoms with Gasteiger partial charge in [-0.15, -0.1) is 0 Å². The third kappa shape index (κ3) is 4.32. The number of pyridine rings is 1. The van der Waals surface area contributed by atoms with E-state index in [2.05, 4.69) is 10.3 Å². The van der Waals surface area contributed by atoms with E-state index in [0.717, 1.165) is 17.7 Å². The van der Waals surface area contributed by atoms with Gasteiger partial charge >= 0.3 is 5.97 Å². The molecule has 2 aromatic heterocycles. The number of ether oxygens (including phenoxy) is 1. The summed E-state index contributed by atoms with van der Waals surface area (Å²) in [6, 6.07) is 10.7. The summed E-state index contributed by atoms with van der Waals surface area (Å²) < 4.78 is 38.5. The van der Waals surface area contributed by atoms with Gasteiger partial charge in [0.2, 0.25) is 0 Å². The van der Waals surface area contributed by atoms with E-state index in [4.69, 9.17) is 9.15 Å². The van der Waals surface area contributed by atoms with Gasteiger partial charge in [0.15, 0.2) is 11.1 Å². The number of aryl methyl sites for hydroxylation is 1. The predicted octanol–water partition coefficient (Wildman–Crippen LogP) is 5.40. The molecule has 1 atom stereocenters. The number of benzene rings is 2. The van der Waals surface area contributed by atoms with Gasteiger partial charge in [0.25, 0.3) is 0 Å². The van der Waals surface area contributed by atoms with E-state index in [-0.39, 0.29) is 28.0 Å². The van der Waals surface area contributed by atoms with Crippen LogP contribution < -0.4 is 10.7 Å². The van der Waals surface area contributed by atoms with Crippen molar-refractivity contribution in [3.63, 3.8) is 0 Å². The fourth-order valence-electron chi connectivity index (χ4n) is 3.67. The first kappa shape index (κ1) is 22.1. The third-order valence-corrected chi connectivity index (χ3v) is 5.22. The minimum absolute atomic E-state index is 0.0149. The van der Waals surface area contributed by atoms with E-state index < -0.39 is 23.6 Å². The first-order valence-electron chi connectivity index (χ1n) is 10.1. The average molecular weight is 450 g/mol. The van der Waals surface area contributed by atoms with Gasteiger partial charge in [0, 0.05) is 23.9 Å². The molecule has 0 aliphatic heterocycles. The van der Waals surface area contributed by atoms with Crippen LogP contribution in [0.1, 0.15) is 34.6 Å². The Hall–Kier alpha value is -4.07. The van der Waals surface area contributed by atoms with E-state index in [1.807, 2.05) is 19.9 Å². The Balaban J connectivity index is 1.85. The molecule has 33 heavy (non-hydrogen) atoms. The monoisotopic (exact) mass is 450 g/mol. The fraction of sp³-hybridized carbons (Fsp3) is 0.160. The second kappa shape index (κ2) is 8.82. The van der Waals surface area contributed by atoms with Crippen LogP contribution in [0.15, 0.2) is 63.9 Å². The topological polar surface area (TPSA) is 81.4 Å². The average Bonchev–Trinajstić information content (AvgIpc) is 2.78. The zero-order valence-corrected chi connectivity index (χ0v) is 18.1. The maximum atomic E-state index is 14.4. The number of nitrogens with one attached hydrogen (secondary N) is 1. The first-order valence-corrected chi connectivity index (χ1v) is 10.1. The molecule has 0 aliphatic carbocycles. The maximum absolute atomic E-state index is 14.4. The predicted molar refractivity (Wildman–Crippen MR) is 120 cm³/mol. The molecule has 0 amide bonds. The van der Waals surface area contributed by atoms with Crippen molar-refractivity contribution >= 4 is 22.6 Å². The summed E-state index contributed by atoms with van der Waals surface area (Å²) >= 11 is 0. The van der Waals surface area contributed by atoms with E-state index >= 15 is 0 Å². The molecule has 0 radical (unpaired) electrons. The standard InChI is InChI=1S/C25H20F2N2O4/c1-13-9-17(14(2)29-20-5-4-8-28-23(20)25(31)32-3)24-18(10-13)21(30)12-22(33-24)16-7-6-15(26)11-19(16)27/h4-12,14,29H,1-3H3/t14-/m1/s1. The Morgan fingerprint density at radius 2 is 1.94 bits per heavy atom. The van der Waals surface area contributed by atoms with Crippen molar-refractivity contribution < 1.29 is 22.7 Å². The van der Waals surface area contributed by atoms with Crippen molar-refractivity contribution in [2.24, 2.45) is 0 Å². The summed E-state index contributed by atoms with van der Waals surface area (Å²) in [6.45, 7) is 3.67. The molecular formula is C25H20F2N2O4.